The Labute approximate surface area is 224 Å². The number of nitrogens with two attached hydrogens (primary N) is 1. The quantitative estimate of drug-likeness (QED) is 0.150. The molecule has 4 aromatic rings. The van der Waals surface area contributed by atoms with Crippen LogP contribution in [0.3, 0.4) is 0 Å². The Morgan fingerprint density at radius 3 is 2.16 bits per heavy atom. The number of fused-ring (bicyclic) bond motifs is 1. The average Bonchev–Trinajstić information content (AvgIpc) is 3.22. The van der Waals surface area contributed by atoms with Gasteiger partial charge in [-0.25, -0.2) is 4.48 Å². The van der Waals surface area contributed by atoms with Crippen molar-refractivity contribution in [2.24, 2.45) is 4.99 Å². The van der Waals surface area contributed by atoms with Gasteiger partial charge in [-0.2, -0.15) is 9.98 Å². The van der Waals surface area contributed by atoms with Gasteiger partial charge in [0.05, 0.1) is 6.54 Å². The number of pyridine rings is 1. The largest absolute Gasteiger partial charge is 0.399 e. The Kier molecular flexibility index (Phi) is 7.07. The maximum atomic E-state index is 12.5. The summed E-state index contributed by atoms with van der Waals surface area (Å²) in [6.07, 6.45) is 0.824. The predicted octanol–water partition coefficient (Wildman–Crippen LogP) is 6.74. The number of benzene rings is 3. The first kappa shape index (κ1) is 25.4. The van der Waals surface area contributed by atoms with E-state index in [1.54, 1.807) is 0 Å². The van der Waals surface area contributed by atoms with E-state index in [-0.39, 0.29) is 12.3 Å². The van der Waals surface area contributed by atoms with E-state index in [0.29, 0.717) is 10.0 Å². The van der Waals surface area contributed by atoms with Crippen molar-refractivity contribution in [3.8, 4) is 0 Å². The standard InChI is InChI=1S/C32H34N5O/c1-4-30-36-31-22(2)18-23(3)35-32(31)37(30,20-24-10-14-27(33)15-11-24)21-25-12-16-28(17-13-25)34-19-29(38)26-8-6-5-7-9-26/h5-18,34H,4,19-21,33H2,1-3H3/q+1. The molecular weight excluding hydrogens is 470 g/mol. The molecule has 0 radical (unpaired) electrons. The number of ketones is 1. The molecule has 1 aliphatic heterocycles. The number of nitrogens with zero attached hydrogens (tertiary/aromatic N) is 3. The number of aromatic nitrogens is 1. The summed E-state index contributed by atoms with van der Waals surface area (Å²) in [5.41, 5.74) is 13.9. The molecular formula is C32H34N5O+. The molecule has 1 unspecified atom stereocenters. The van der Waals surface area contributed by atoms with Crippen molar-refractivity contribution in [3.05, 3.63) is 113 Å². The minimum Gasteiger partial charge on any atom is -0.399 e. The van der Waals surface area contributed by atoms with Crippen molar-refractivity contribution in [2.75, 3.05) is 17.6 Å². The number of nitrogen functional groups attached to an aromatic ring is 1. The summed E-state index contributed by atoms with van der Waals surface area (Å²) >= 11 is 0. The first-order valence-corrected chi connectivity index (χ1v) is 13.1. The smallest absolute Gasteiger partial charge is 0.261 e. The van der Waals surface area contributed by atoms with E-state index < -0.39 is 0 Å². The molecule has 1 aromatic heterocycles. The molecule has 5 rings (SSSR count). The summed E-state index contributed by atoms with van der Waals surface area (Å²) in [6.45, 7) is 8.05. The van der Waals surface area contributed by atoms with Gasteiger partial charge in [0, 0.05) is 40.2 Å². The van der Waals surface area contributed by atoms with Gasteiger partial charge in [-0.1, -0.05) is 61.5 Å². The normalized spacial score (nSPS) is 16.1. The Morgan fingerprint density at radius 1 is 0.895 bits per heavy atom. The highest BCUT2D eigenvalue weighted by molar-refractivity contribution is 6.02. The Morgan fingerprint density at radius 2 is 1.53 bits per heavy atom. The summed E-state index contributed by atoms with van der Waals surface area (Å²) < 4.78 is 0.553. The molecule has 0 amide bonds. The molecule has 1 aliphatic rings. The third-order valence-electron chi connectivity index (χ3n) is 7.14. The molecule has 0 saturated carbocycles. The number of anilines is 2. The number of hydrogen-bond acceptors (Lipinski definition) is 5. The summed E-state index contributed by atoms with van der Waals surface area (Å²) in [6, 6.07) is 27.9. The molecule has 38 heavy (non-hydrogen) atoms. The highest BCUT2D eigenvalue weighted by Crippen LogP contribution is 2.45. The predicted molar refractivity (Wildman–Crippen MR) is 157 cm³/mol. The van der Waals surface area contributed by atoms with Crippen LogP contribution in [0.25, 0.3) is 0 Å². The molecule has 6 heteroatoms. The highest BCUT2D eigenvalue weighted by Gasteiger charge is 2.45. The molecule has 0 bridgehead atoms. The number of carbonyl (C=O) groups excluding carboxylic acids is 1. The number of hydrogen-bond donors (Lipinski definition) is 2. The minimum absolute atomic E-state index is 0.0666. The van der Waals surface area contributed by atoms with Crippen LogP contribution in [0.1, 0.15) is 46.1 Å². The van der Waals surface area contributed by atoms with E-state index in [0.717, 1.165) is 59.5 Å². The van der Waals surface area contributed by atoms with Gasteiger partial charge >= 0.3 is 0 Å². The lowest BCUT2D eigenvalue weighted by Crippen LogP contribution is -2.51. The minimum atomic E-state index is 0.0666. The molecule has 2 heterocycles. The first-order valence-electron chi connectivity index (χ1n) is 13.1. The summed E-state index contributed by atoms with van der Waals surface area (Å²) in [5, 5.41) is 3.27. The van der Waals surface area contributed by atoms with Crippen molar-refractivity contribution >= 4 is 34.5 Å². The van der Waals surface area contributed by atoms with Crippen LogP contribution >= 0.6 is 0 Å². The van der Waals surface area contributed by atoms with Crippen molar-refractivity contribution in [2.45, 2.75) is 40.3 Å². The number of aryl methyl sites for hydroxylation is 2. The van der Waals surface area contributed by atoms with Crippen molar-refractivity contribution in [1.82, 2.24) is 9.47 Å². The summed E-state index contributed by atoms with van der Waals surface area (Å²) in [4.78, 5) is 22.7. The molecule has 0 fully saturated rings. The van der Waals surface area contributed by atoms with Crippen molar-refractivity contribution in [1.29, 1.82) is 0 Å². The van der Waals surface area contributed by atoms with Gasteiger partial charge in [0.1, 0.15) is 13.1 Å². The fourth-order valence-electron chi connectivity index (χ4n) is 5.25. The second kappa shape index (κ2) is 10.6. The van der Waals surface area contributed by atoms with E-state index in [2.05, 4.69) is 49.5 Å². The second-order valence-electron chi connectivity index (χ2n) is 10.00. The molecule has 0 aliphatic carbocycles. The topological polar surface area (TPSA) is 80.4 Å². The van der Waals surface area contributed by atoms with Gasteiger partial charge in [0.15, 0.2) is 11.5 Å². The van der Waals surface area contributed by atoms with Crippen molar-refractivity contribution in [3.63, 3.8) is 0 Å². The SMILES string of the molecule is CCC1=Nc2c(C)cc(C)nc2[N+]1(Cc1ccc(N)cc1)Cc1ccc(NCC(=O)c2ccccc2)cc1. The van der Waals surface area contributed by atoms with Gasteiger partial charge in [-0.3, -0.25) is 4.79 Å². The number of carbonyl (C=O) groups is 1. The van der Waals surface area contributed by atoms with E-state index in [1.165, 1.54) is 11.1 Å². The number of nitrogens with one attached hydrogen (secondary N) is 1. The van der Waals surface area contributed by atoms with E-state index in [4.69, 9.17) is 15.7 Å². The molecule has 192 valence electrons. The van der Waals surface area contributed by atoms with Crippen molar-refractivity contribution < 1.29 is 4.79 Å². The van der Waals surface area contributed by atoms with Crippen LogP contribution in [-0.4, -0.2) is 23.1 Å². The maximum absolute atomic E-state index is 12.5. The van der Waals surface area contributed by atoms with E-state index >= 15 is 0 Å². The van der Waals surface area contributed by atoms with E-state index in [9.17, 15) is 4.79 Å². The third kappa shape index (κ3) is 5.08. The number of amidine groups is 1. The fraction of sp³-hybridized carbons (Fsp3) is 0.219. The lowest BCUT2D eigenvalue weighted by atomic mass is 10.1. The molecule has 0 spiro atoms. The van der Waals surface area contributed by atoms with Crippen LogP contribution < -0.4 is 15.5 Å². The monoisotopic (exact) mass is 504 g/mol. The van der Waals surface area contributed by atoms with Gasteiger partial charge in [-0.15, -0.1) is 0 Å². The second-order valence-corrected chi connectivity index (χ2v) is 10.00. The molecule has 3 aromatic carbocycles. The highest BCUT2D eigenvalue weighted by atomic mass is 16.1. The fourth-order valence-corrected chi connectivity index (χ4v) is 5.25. The zero-order valence-electron chi connectivity index (χ0n) is 22.2. The molecule has 1 atom stereocenters. The van der Waals surface area contributed by atoms with Crippen LogP contribution in [0.15, 0.2) is 89.9 Å². The van der Waals surface area contributed by atoms with Gasteiger partial charge in [0.2, 0.25) is 5.84 Å². The molecule has 3 N–H and O–H groups in total. The first-order chi connectivity index (χ1) is 18.4. The zero-order chi connectivity index (χ0) is 26.7. The van der Waals surface area contributed by atoms with Crippen LogP contribution in [0.4, 0.5) is 22.9 Å². The summed E-state index contributed by atoms with van der Waals surface area (Å²) in [7, 11) is 0. The number of Topliss-reactive ketones (excluding diaryl/α,β-unsaturated/α-hetero) is 1. The Balaban J connectivity index is 1.44. The lowest BCUT2D eigenvalue weighted by Gasteiger charge is -2.34. The number of rotatable bonds is 9. The van der Waals surface area contributed by atoms with E-state index in [1.807, 2.05) is 61.5 Å². The third-order valence-corrected chi connectivity index (χ3v) is 7.14. The van der Waals surface area contributed by atoms with Crippen LogP contribution in [-0.2, 0) is 13.1 Å². The zero-order valence-corrected chi connectivity index (χ0v) is 22.2. The number of quaternary nitrogens is 1. The van der Waals surface area contributed by atoms with Gasteiger partial charge in [0.25, 0.3) is 5.82 Å². The Bertz CT molecular complexity index is 1480. The number of aliphatic imine (C=N–C) groups is 1. The lowest BCUT2D eigenvalue weighted by molar-refractivity contribution is 0.101. The summed E-state index contributed by atoms with van der Waals surface area (Å²) in [5.74, 6) is 2.18. The molecule has 0 saturated heterocycles. The molecule has 6 nitrogen and oxygen atoms in total. The van der Waals surface area contributed by atoms with Gasteiger partial charge in [-0.05, 0) is 49.7 Å². The van der Waals surface area contributed by atoms with Crippen LogP contribution in [0.2, 0.25) is 0 Å². The average molecular weight is 505 g/mol. The van der Waals surface area contributed by atoms with Gasteiger partial charge < -0.3 is 11.1 Å². The van der Waals surface area contributed by atoms with Crippen LogP contribution in [0.5, 0.6) is 0 Å². The Hall–Kier alpha value is -4.29. The maximum Gasteiger partial charge on any atom is 0.261 e. The van der Waals surface area contributed by atoms with Crippen LogP contribution in [0, 0.1) is 13.8 Å².